The van der Waals surface area contributed by atoms with Gasteiger partial charge >= 0.3 is 5.45 Å². The zero-order valence-corrected chi connectivity index (χ0v) is 11.1. The lowest BCUT2D eigenvalue weighted by Gasteiger charge is -1.94. The molecule has 0 spiro atoms. The number of hydrogen-bond donors (Lipinski definition) is 0. The van der Waals surface area contributed by atoms with Gasteiger partial charge in [-0.1, -0.05) is 7.43 Å². The Morgan fingerprint density at radius 3 is 1.71 bits per heavy atom. The first kappa shape index (κ1) is 24.6. The minimum absolute atomic E-state index is 0. The maximum atomic E-state index is 11.1. The Balaban J connectivity index is -0.000000102. The normalized spacial score (nSPS) is 7.29. The van der Waals surface area contributed by atoms with Crippen molar-refractivity contribution in [1.29, 1.82) is 0 Å². The van der Waals surface area contributed by atoms with Gasteiger partial charge < -0.3 is 14.9 Å². The Morgan fingerprint density at radius 2 is 1.71 bits per heavy atom. The first-order valence-corrected chi connectivity index (χ1v) is 6.88. The number of carbonyl (C=O) groups is 2. The van der Waals surface area contributed by atoms with Crippen molar-refractivity contribution in [2.24, 2.45) is 0 Å². The Morgan fingerprint density at radius 1 is 1.47 bits per heavy atom. The molecule has 0 radical (unpaired) electrons. The molecule has 5 nitrogen and oxygen atoms in total. The first-order chi connectivity index (χ1) is 7.22. The molecule has 17 heavy (non-hydrogen) atoms. The van der Waals surface area contributed by atoms with E-state index in [9.17, 15) is 9.36 Å². The van der Waals surface area contributed by atoms with E-state index in [0.717, 1.165) is 6.29 Å². The molecule has 0 saturated carbocycles. The van der Waals surface area contributed by atoms with Crippen LogP contribution in [0.4, 0.5) is 0 Å². The second-order valence-electron chi connectivity index (χ2n) is 2.86. The van der Waals surface area contributed by atoms with Gasteiger partial charge in [-0.15, -0.1) is 12.3 Å². The standard InChI is InChI=1S/C5H9N2O2P.C3H4.C2H4O.CH4/c1-4(8)5(7-6)10(2,3)9;1-3-2;1-2-3;/h1-3H3;1H,2H3;2H,1H3;1H4. The fraction of sp³-hybridized carbons (Fsp3) is 0.545. The number of ketones is 1. The topological polar surface area (TPSA) is 87.6 Å². The van der Waals surface area contributed by atoms with Gasteiger partial charge in [0.2, 0.25) is 5.78 Å². The summed E-state index contributed by atoms with van der Waals surface area (Å²) < 4.78 is 11.1. The van der Waals surface area contributed by atoms with E-state index >= 15 is 0 Å². The van der Waals surface area contributed by atoms with Crippen LogP contribution in [0.5, 0.6) is 0 Å². The maximum Gasteiger partial charge on any atom is 0.388 e. The molecule has 0 aliphatic rings. The van der Waals surface area contributed by atoms with Gasteiger partial charge in [0.1, 0.15) is 6.29 Å². The summed E-state index contributed by atoms with van der Waals surface area (Å²) in [4.78, 5) is 22.0. The van der Waals surface area contributed by atoms with Crippen LogP contribution in [0.15, 0.2) is 0 Å². The zero-order valence-electron chi connectivity index (χ0n) is 10.2. The average Bonchev–Trinajstić information content (AvgIpc) is 2.03. The molecule has 98 valence electrons. The Hall–Kier alpha value is -1.49. The van der Waals surface area contributed by atoms with Gasteiger partial charge in [0.05, 0.1) is 0 Å². The molecular weight excluding hydrogens is 239 g/mol. The third-order valence-corrected chi connectivity index (χ3v) is 2.34. The van der Waals surface area contributed by atoms with Gasteiger partial charge in [-0.2, -0.15) is 4.79 Å². The highest BCUT2D eigenvalue weighted by Crippen LogP contribution is 2.36. The van der Waals surface area contributed by atoms with Crippen LogP contribution in [-0.2, 0) is 14.2 Å². The molecular formula is C11H21N2O3P. The molecule has 0 aromatic carbocycles. The highest BCUT2D eigenvalue weighted by Gasteiger charge is 2.29. The number of hydrogen-bond acceptors (Lipinski definition) is 3. The van der Waals surface area contributed by atoms with E-state index in [1.807, 2.05) is 0 Å². The molecule has 0 rings (SSSR count). The summed E-state index contributed by atoms with van der Waals surface area (Å²) in [6.45, 7) is 7.07. The fourth-order valence-electron chi connectivity index (χ4n) is 0.557. The van der Waals surface area contributed by atoms with Crippen molar-refractivity contribution in [3.8, 4) is 12.3 Å². The van der Waals surface area contributed by atoms with E-state index < -0.39 is 12.9 Å². The molecule has 6 heteroatoms. The van der Waals surface area contributed by atoms with E-state index in [1.54, 1.807) is 6.92 Å². The highest BCUT2D eigenvalue weighted by molar-refractivity contribution is 7.81. The smallest absolute Gasteiger partial charge is 0.360 e. The molecule has 0 aromatic heterocycles. The molecule has 0 N–H and O–H groups in total. The van der Waals surface area contributed by atoms with Gasteiger partial charge in [-0.25, -0.2) is 0 Å². The summed E-state index contributed by atoms with van der Waals surface area (Å²) in [6, 6.07) is 0. The Kier molecular flexibility index (Phi) is 21.0. The summed E-state index contributed by atoms with van der Waals surface area (Å²) >= 11 is 0. The van der Waals surface area contributed by atoms with E-state index in [-0.39, 0.29) is 12.9 Å². The molecule has 0 atom stereocenters. The number of nitrogens with zero attached hydrogens (tertiary/aromatic N) is 2. The van der Waals surface area contributed by atoms with Crippen molar-refractivity contribution in [2.45, 2.75) is 28.2 Å². The van der Waals surface area contributed by atoms with Gasteiger partial charge in [0.25, 0.3) is 0 Å². The van der Waals surface area contributed by atoms with Crippen LogP contribution in [-0.4, -0.2) is 35.6 Å². The van der Waals surface area contributed by atoms with E-state index in [1.165, 1.54) is 27.2 Å². The molecule has 0 aliphatic carbocycles. The number of carbonyl (C=O) groups excluding carboxylic acids is 2. The highest BCUT2D eigenvalue weighted by atomic mass is 31.2. The van der Waals surface area contributed by atoms with Crippen LogP contribution in [0.3, 0.4) is 0 Å². The fourth-order valence-corrected chi connectivity index (χ4v) is 1.53. The molecule has 0 saturated heterocycles. The van der Waals surface area contributed by atoms with Crippen molar-refractivity contribution in [3.05, 3.63) is 5.53 Å². The maximum absolute atomic E-state index is 11.1. The largest absolute Gasteiger partial charge is 0.388 e. The molecule has 0 amide bonds. The third-order valence-electron chi connectivity index (χ3n) is 0.920. The Bertz CT molecular complexity index is 357. The van der Waals surface area contributed by atoms with Crippen LogP contribution in [0, 0.1) is 12.3 Å². The van der Waals surface area contributed by atoms with Crippen molar-refractivity contribution in [2.75, 3.05) is 13.3 Å². The summed E-state index contributed by atoms with van der Waals surface area (Å²) in [6.07, 6.45) is 5.35. The number of rotatable bonds is 2. The molecule has 0 heterocycles. The second-order valence-corrected chi connectivity index (χ2v) is 5.98. The summed E-state index contributed by atoms with van der Waals surface area (Å²) in [5.74, 6) is 1.80. The predicted octanol–water partition coefficient (Wildman–Crippen LogP) is 2.31. The molecule has 0 unspecified atom stereocenters. The van der Waals surface area contributed by atoms with E-state index in [4.69, 9.17) is 10.3 Å². The molecule has 0 bridgehead atoms. The predicted molar refractivity (Wildman–Crippen MR) is 71.7 cm³/mol. The van der Waals surface area contributed by atoms with Gasteiger partial charge in [0.15, 0.2) is 7.14 Å². The van der Waals surface area contributed by atoms with E-state index in [0.29, 0.717) is 0 Å². The Labute approximate surface area is 104 Å². The van der Waals surface area contributed by atoms with Crippen molar-refractivity contribution < 1.29 is 18.9 Å². The van der Waals surface area contributed by atoms with Crippen molar-refractivity contribution in [1.82, 2.24) is 0 Å². The lowest BCUT2D eigenvalue weighted by molar-refractivity contribution is -0.114. The summed E-state index contributed by atoms with van der Waals surface area (Å²) in [7, 11) is -2.68. The van der Waals surface area contributed by atoms with Crippen molar-refractivity contribution >= 4 is 24.7 Å². The third kappa shape index (κ3) is 20.6. The minimum atomic E-state index is -2.68. The second kappa shape index (κ2) is 14.5. The quantitative estimate of drug-likeness (QED) is 0.190. The molecule has 0 fully saturated rings. The first-order valence-electron chi connectivity index (χ1n) is 4.28. The lowest BCUT2D eigenvalue weighted by Crippen LogP contribution is -2.10. The van der Waals surface area contributed by atoms with Crippen LogP contribution in [0.1, 0.15) is 28.2 Å². The summed E-state index contributed by atoms with van der Waals surface area (Å²) in [5.41, 5.74) is 8.00. The van der Waals surface area contributed by atoms with Crippen LogP contribution < -0.4 is 0 Å². The average molecular weight is 260 g/mol. The van der Waals surface area contributed by atoms with Crippen molar-refractivity contribution in [3.63, 3.8) is 0 Å². The van der Waals surface area contributed by atoms with Crippen LogP contribution in [0.25, 0.3) is 5.53 Å². The SMILES string of the molecule is C.C#CC.CC(=O)C(=[N+]=[N-])P(C)(C)=O.CC=O. The summed E-state index contributed by atoms with van der Waals surface area (Å²) in [5, 5.41) is 0. The number of terminal acetylenes is 1. The van der Waals surface area contributed by atoms with Gasteiger partial charge in [-0.3, -0.25) is 4.79 Å². The molecule has 0 aromatic rings. The minimum Gasteiger partial charge on any atom is -0.360 e. The van der Waals surface area contributed by atoms with Gasteiger partial charge in [-0.05, 0) is 27.2 Å². The zero-order chi connectivity index (χ0) is 13.8. The van der Waals surface area contributed by atoms with E-state index in [2.05, 4.69) is 17.1 Å². The molecule has 0 aliphatic heterocycles. The lowest BCUT2D eigenvalue weighted by atomic mass is 10.5. The number of Topliss-reactive ketones (excluding diaryl/α,β-unsaturated/α-hetero) is 1. The monoisotopic (exact) mass is 260 g/mol. The van der Waals surface area contributed by atoms with Crippen LogP contribution in [0.2, 0.25) is 0 Å². The van der Waals surface area contributed by atoms with Gasteiger partial charge in [0, 0.05) is 6.92 Å². The number of aldehydes is 1. The van der Waals surface area contributed by atoms with Crippen LogP contribution >= 0.6 is 7.14 Å².